The second-order valence-electron chi connectivity index (χ2n) is 8.12. The van der Waals surface area contributed by atoms with Crippen molar-refractivity contribution in [3.8, 4) is 0 Å². The number of nitrogens with zero attached hydrogens (tertiary/aromatic N) is 1. The lowest BCUT2D eigenvalue weighted by atomic mass is 10.1. The van der Waals surface area contributed by atoms with Crippen molar-refractivity contribution in [1.82, 2.24) is 5.32 Å². The number of aryl methyl sites for hydroxylation is 1. The molecule has 0 saturated carbocycles. The summed E-state index contributed by atoms with van der Waals surface area (Å²) < 4.78 is 25.5. The quantitative estimate of drug-likeness (QED) is 0.680. The van der Waals surface area contributed by atoms with Crippen molar-refractivity contribution in [2.24, 2.45) is 0 Å². The van der Waals surface area contributed by atoms with Crippen LogP contribution in [0.15, 0.2) is 47.4 Å². The van der Waals surface area contributed by atoms with E-state index in [9.17, 15) is 18.0 Å². The molecular formula is C24H30N2O4S. The van der Waals surface area contributed by atoms with Crippen LogP contribution < -0.4 is 10.2 Å². The molecule has 1 aliphatic rings. The van der Waals surface area contributed by atoms with Gasteiger partial charge in [0.05, 0.1) is 10.6 Å². The first-order valence-electron chi connectivity index (χ1n) is 10.7. The fourth-order valence-corrected chi connectivity index (χ4v) is 5.17. The number of carbonyl (C=O) groups is 2. The summed E-state index contributed by atoms with van der Waals surface area (Å²) in [6, 6.07) is 13.0. The molecule has 1 N–H and O–H groups in total. The average Bonchev–Trinajstić information content (AvgIpc) is 3.08. The molecule has 0 spiro atoms. The molecule has 1 atom stereocenters. The molecule has 0 radical (unpaired) electrons. The van der Waals surface area contributed by atoms with Crippen molar-refractivity contribution >= 4 is 27.3 Å². The van der Waals surface area contributed by atoms with Gasteiger partial charge in [-0.1, -0.05) is 36.8 Å². The highest BCUT2D eigenvalue weighted by Gasteiger charge is 2.31. The summed E-state index contributed by atoms with van der Waals surface area (Å²) in [5, 5.41) is 2.79. The molecule has 3 rings (SSSR count). The van der Waals surface area contributed by atoms with E-state index in [4.69, 9.17) is 0 Å². The van der Waals surface area contributed by atoms with E-state index in [-0.39, 0.29) is 34.9 Å². The van der Waals surface area contributed by atoms with Gasteiger partial charge in [-0.2, -0.15) is 0 Å². The lowest BCUT2D eigenvalue weighted by molar-refractivity contribution is -0.120. The molecule has 0 saturated heterocycles. The van der Waals surface area contributed by atoms with Crippen molar-refractivity contribution in [3.63, 3.8) is 0 Å². The molecule has 166 valence electrons. The molecule has 31 heavy (non-hydrogen) atoms. The van der Waals surface area contributed by atoms with Gasteiger partial charge in [-0.05, 0) is 56.0 Å². The first-order valence-corrected chi connectivity index (χ1v) is 12.4. The SMILES string of the molecule is CCC(=O)N1c2ccc(S(=O)(=O)CCC(=O)NCCc3ccc(C)cc3)cc2C[C@H]1C. The molecule has 6 nitrogen and oxygen atoms in total. The summed E-state index contributed by atoms with van der Waals surface area (Å²) in [4.78, 5) is 26.3. The molecule has 1 aliphatic heterocycles. The Morgan fingerprint density at radius 2 is 1.84 bits per heavy atom. The highest BCUT2D eigenvalue weighted by Crippen LogP contribution is 2.34. The van der Waals surface area contributed by atoms with Crippen molar-refractivity contribution in [3.05, 3.63) is 59.2 Å². The van der Waals surface area contributed by atoms with Gasteiger partial charge in [0.2, 0.25) is 11.8 Å². The predicted octanol–water partition coefficient (Wildman–Crippen LogP) is 3.21. The van der Waals surface area contributed by atoms with Crippen molar-refractivity contribution in [2.75, 3.05) is 17.2 Å². The largest absolute Gasteiger partial charge is 0.356 e. The lowest BCUT2D eigenvalue weighted by Gasteiger charge is -2.22. The number of sulfone groups is 1. The zero-order valence-corrected chi connectivity index (χ0v) is 19.2. The highest BCUT2D eigenvalue weighted by atomic mass is 32.2. The highest BCUT2D eigenvalue weighted by molar-refractivity contribution is 7.91. The molecule has 2 aromatic rings. The zero-order valence-electron chi connectivity index (χ0n) is 18.3. The van der Waals surface area contributed by atoms with Gasteiger partial charge in [0.15, 0.2) is 9.84 Å². The van der Waals surface area contributed by atoms with E-state index in [1.165, 1.54) is 11.6 Å². The van der Waals surface area contributed by atoms with Crippen LogP contribution in [0.5, 0.6) is 0 Å². The van der Waals surface area contributed by atoms with Crippen molar-refractivity contribution in [1.29, 1.82) is 0 Å². The number of carbonyl (C=O) groups excluding carboxylic acids is 2. The number of hydrogen-bond donors (Lipinski definition) is 1. The van der Waals surface area contributed by atoms with Gasteiger partial charge in [-0.15, -0.1) is 0 Å². The van der Waals surface area contributed by atoms with E-state index in [0.29, 0.717) is 25.8 Å². The number of anilines is 1. The average molecular weight is 443 g/mol. The van der Waals surface area contributed by atoms with Gasteiger partial charge >= 0.3 is 0 Å². The minimum Gasteiger partial charge on any atom is -0.356 e. The van der Waals surface area contributed by atoms with Gasteiger partial charge in [-0.25, -0.2) is 8.42 Å². The molecule has 7 heteroatoms. The fraction of sp³-hybridized carbons (Fsp3) is 0.417. The molecule has 0 fully saturated rings. The van der Waals surface area contributed by atoms with Crippen LogP contribution in [0.3, 0.4) is 0 Å². The lowest BCUT2D eigenvalue weighted by Crippen LogP contribution is -2.35. The maximum Gasteiger partial charge on any atom is 0.226 e. The molecule has 0 aromatic heterocycles. The van der Waals surface area contributed by atoms with Crippen molar-refractivity contribution in [2.45, 2.75) is 57.4 Å². The second kappa shape index (κ2) is 9.64. The van der Waals surface area contributed by atoms with E-state index < -0.39 is 9.84 Å². The van der Waals surface area contributed by atoms with Crippen LogP contribution in [0.25, 0.3) is 0 Å². The molecule has 0 aliphatic carbocycles. The summed E-state index contributed by atoms with van der Waals surface area (Å²) >= 11 is 0. The van der Waals surface area contributed by atoms with Crippen LogP contribution in [-0.4, -0.2) is 38.6 Å². The number of fused-ring (bicyclic) bond motifs is 1. The summed E-state index contributed by atoms with van der Waals surface area (Å²) in [6.07, 6.45) is 1.66. The summed E-state index contributed by atoms with van der Waals surface area (Å²) in [5.74, 6) is -0.482. The third kappa shape index (κ3) is 5.53. The standard InChI is InChI=1S/C24H30N2O4S/c1-4-24(28)26-18(3)15-20-16-21(9-10-22(20)26)31(29,30)14-12-23(27)25-13-11-19-7-5-17(2)6-8-19/h5-10,16,18H,4,11-15H2,1-3H3,(H,25,27)/t18-/m1/s1. The van der Waals surface area contributed by atoms with E-state index in [1.807, 2.05) is 45.0 Å². The van der Waals surface area contributed by atoms with Gasteiger partial charge in [-0.3, -0.25) is 9.59 Å². The number of hydrogen-bond acceptors (Lipinski definition) is 4. The van der Waals surface area contributed by atoms with E-state index in [0.717, 1.165) is 16.8 Å². The van der Waals surface area contributed by atoms with E-state index >= 15 is 0 Å². The first kappa shape index (κ1) is 23.0. The molecule has 2 aromatic carbocycles. The third-order valence-electron chi connectivity index (χ3n) is 5.65. The predicted molar refractivity (Wildman–Crippen MR) is 122 cm³/mol. The Morgan fingerprint density at radius 1 is 1.13 bits per heavy atom. The Morgan fingerprint density at radius 3 is 2.52 bits per heavy atom. The number of nitrogens with one attached hydrogen (secondary N) is 1. The van der Waals surface area contributed by atoms with Gasteiger partial charge < -0.3 is 10.2 Å². The van der Waals surface area contributed by atoms with Crippen molar-refractivity contribution < 1.29 is 18.0 Å². The van der Waals surface area contributed by atoms with E-state index in [2.05, 4.69) is 5.32 Å². The maximum atomic E-state index is 12.8. The summed E-state index contributed by atoms with van der Waals surface area (Å²) in [5.41, 5.74) is 3.95. The summed E-state index contributed by atoms with van der Waals surface area (Å²) in [7, 11) is -3.58. The molecule has 0 bridgehead atoms. The Balaban J connectivity index is 1.56. The number of benzene rings is 2. The van der Waals surface area contributed by atoms with Crippen LogP contribution in [0.2, 0.25) is 0 Å². The van der Waals surface area contributed by atoms with Gasteiger partial charge in [0.25, 0.3) is 0 Å². The fourth-order valence-electron chi connectivity index (χ4n) is 3.89. The van der Waals surface area contributed by atoms with Crippen LogP contribution in [0.1, 0.15) is 43.4 Å². The Hall–Kier alpha value is -2.67. The first-order chi connectivity index (χ1) is 14.7. The topological polar surface area (TPSA) is 83.6 Å². The second-order valence-corrected chi connectivity index (χ2v) is 10.2. The molecule has 1 heterocycles. The maximum absolute atomic E-state index is 12.8. The summed E-state index contributed by atoms with van der Waals surface area (Å²) in [6.45, 7) is 6.27. The zero-order chi connectivity index (χ0) is 22.6. The number of rotatable bonds is 8. The third-order valence-corrected chi connectivity index (χ3v) is 7.36. The Kier molecular flexibility index (Phi) is 7.15. The number of amides is 2. The van der Waals surface area contributed by atoms with Crippen LogP contribution in [0, 0.1) is 6.92 Å². The minimum atomic E-state index is -3.58. The molecule has 0 unspecified atom stereocenters. The normalized spacial score (nSPS) is 15.6. The van der Waals surface area contributed by atoms with Crippen LogP contribution in [0.4, 0.5) is 5.69 Å². The Labute approximate surface area is 184 Å². The smallest absolute Gasteiger partial charge is 0.226 e. The Bertz CT molecular complexity index is 1060. The van der Waals surface area contributed by atoms with E-state index in [1.54, 1.807) is 17.0 Å². The van der Waals surface area contributed by atoms with Crippen LogP contribution in [-0.2, 0) is 32.3 Å². The monoisotopic (exact) mass is 442 g/mol. The van der Waals surface area contributed by atoms with Gasteiger partial charge in [0, 0.05) is 31.1 Å². The molecule has 2 amide bonds. The minimum absolute atomic E-state index is 0.0136. The van der Waals surface area contributed by atoms with Gasteiger partial charge in [0.1, 0.15) is 0 Å². The molecular weight excluding hydrogens is 412 g/mol. The van der Waals surface area contributed by atoms with Crippen LogP contribution >= 0.6 is 0 Å².